The van der Waals surface area contributed by atoms with Gasteiger partial charge in [-0.05, 0) is 30.5 Å². The Hall–Kier alpha value is -4.35. The van der Waals surface area contributed by atoms with Crippen molar-refractivity contribution in [3.05, 3.63) is 53.2 Å². The second-order valence-corrected chi connectivity index (χ2v) is 7.99. The fourth-order valence-corrected chi connectivity index (χ4v) is 3.93. The number of carbonyl (C=O) groups is 4. The van der Waals surface area contributed by atoms with Crippen LogP contribution in [0.4, 0.5) is 10.1 Å². The maximum atomic E-state index is 14.2. The average molecular weight is 466 g/mol. The number of ketones is 1. The van der Waals surface area contributed by atoms with Crippen LogP contribution >= 0.6 is 0 Å². The number of nitrogens with zero attached hydrogens (tertiary/aromatic N) is 3. The first-order valence-electron chi connectivity index (χ1n) is 10.6. The molecule has 0 spiro atoms. The van der Waals surface area contributed by atoms with Crippen LogP contribution in [0.3, 0.4) is 0 Å². The summed E-state index contributed by atoms with van der Waals surface area (Å²) in [6.45, 7) is 0.0158. The van der Waals surface area contributed by atoms with Gasteiger partial charge in [-0.1, -0.05) is 6.07 Å². The van der Waals surface area contributed by atoms with Gasteiger partial charge in [-0.15, -0.1) is 0 Å². The number of carbonyl (C=O) groups excluding carboxylic acids is 4. The van der Waals surface area contributed by atoms with Crippen molar-refractivity contribution >= 4 is 34.8 Å². The molecule has 1 aliphatic heterocycles. The molecule has 34 heavy (non-hydrogen) atoms. The van der Waals surface area contributed by atoms with E-state index in [0.717, 1.165) is 10.7 Å². The third-order valence-corrected chi connectivity index (χ3v) is 5.63. The van der Waals surface area contributed by atoms with Gasteiger partial charge in [0.1, 0.15) is 17.1 Å². The molecule has 2 aromatic heterocycles. The van der Waals surface area contributed by atoms with Crippen molar-refractivity contribution in [3.63, 3.8) is 0 Å². The summed E-state index contributed by atoms with van der Waals surface area (Å²) in [6, 6.07) is 5.64. The highest BCUT2D eigenvalue weighted by Gasteiger charge is 2.28. The Labute approximate surface area is 191 Å². The topological polar surface area (TPSA) is 144 Å². The molecule has 1 saturated carbocycles. The molecular formula is C22H19FN6O5. The number of Topliss-reactive ketones (excluding diaryl/α,β-unsaturated/α-hetero) is 1. The van der Waals surface area contributed by atoms with E-state index in [1.807, 2.05) is 0 Å². The standard InChI is InChI=1S/C22H19FN6O5/c23-12-9-25-29-16(22(33)28-13-2-1-3-17(13)30)7-15(27-20(12)29)21(32)24-8-11-4-5-18-14(6-11)26-19(31)10-34-18/h4-7,9,13H,1-3,8,10H2,(H,24,32)(H,26,31)(H,28,33). The molecule has 5 rings (SSSR count). The van der Waals surface area contributed by atoms with Gasteiger partial charge < -0.3 is 20.7 Å². The van der Waals surface area contributed by atoms with Crippen molar-refractivity contribution in [1.82, 2.24) is 25.2 Å². The maximum Gasteiger partial charge on any atom is 0.270 e. The SMILES string of the molecule is O=C1COc2ccc(CNC(=O)c3cc(C(=O)NC4CCCC4=O)n4ncc(F)c4n3)cc2N1. The molecule has 1 atom stereocenters. The Balaban J connectivity index is 1.36. The lowest BCUT2D eigenvalue weighted by Gasteiger charge is -2.18. The van der Waals surface area contributed by atoms with Crippen molar-refractivity contribution < 1.29 is 28.3 Å². The molecule has 0 saturated heterocycles. The van der Waals surface area contributed by atoms with Gasteiger partial charge in [0.25, 0.3) is 17.7 Å². The summed E-state index contributed by atoms with van der Waals surface area (Å²) in [7, 11) is 0. The largest absolute Gasteiger partial charge is 0.482 e. The normalized spacial score (nSPS) is 17.1. The molecule has 3 aromatic rings. The zero-order chi connectivity index (χ0) is 23.8. The molecular weight excluding hydrogens is 447 g/mol. The third-order valence-electron chi connectivity index (χ3n) is 5.63. The zero-order valence-electron chi connectivity index (χ0n) is 17.8. The fraction of sp³-hybridized carbons (Fsp3) is 0.273. The number of ether oxygens (including phenoxy) is 1. The summed E-state index contributed by atoms with van der Waals surface area (Å²) in [4.78, 5) is 53.1. The van der Waals surface area contributed by atoms with Crippen LogP contribution < -0.4 is 20.7 Å². The maximum absolute atomic E-state index is 14.2. The molecule has 3 amide bonds. The summed E-state index contributed by atoms with van der Waals surface area (Å²) >= 11 is 0. The lowest BCUT2D eigenvalue weighted by molar-refractivity contribution is -0.119. The van der Waals surface area contributed by atoms with Crippen LogP contribution in [0.25, 0.3) is 5.65 Å². The van der Waals surface area contributed by atoms with E-state index in [0.29, 0.717) is 36.3 Å². The second-order valence-electron chi connectivity index (χ2n) is 7.99. The molecule has 12 heteroatoms. The molecule has 3 N–H and O–H groups in total. The zero-order valence-corrected chi connectivity index (χ0v) is 17.8. The lowest BCUT2D eigenvalue weighted by atomic mass is 10.1. The summed E-state index contributed by atoms with van der Waals surface area (Å²) in [5.74, 6) is -1.93. The van der Waals surface area contributed by atoms with Crippen LogP contribution in [0.1, 0.15) is 45.8 Å². The molecule has 0 bridgehead atoms. The van der Waals surface area contributed by atoms with Gasteiger partial charge in [-0.2, -0.15) is 5.10 Å². The Morgan fingerprint density at radius 2 is 2.09 bits per heavy atom. The van der Waals surface area contributed by atoms with E-state index in [-0.39, 0.29) is 41.9 Å². The molecule has 1 aromatic carbocycles. The van der Waals surface area contributed by atoms with E-state index in [2.05, 4.69) is 26.0 Å². The van der Waals surface area contributed by atoms with E-state index in [4.69, 9.17) is 4.74 Å². The quantitative estimate of drug-likeness (QED) is 0.508. The van der Waals surface area contributed by atoms with Crippen LogP contribution in [-0.2, 0) is 16.1 Å². The first-order chi connectivity index (χ1) is 16.4. The third kappa shape index (κ3) is 4.05. The van der Waals surface area contributed by atoms with Crippen molar-refractivity contribution in [2.75, 3.05) is 11.9 Å². The average Bonchev–Trinajstić information content (AvgIpc) is 3.41. The van der Waals surface area contributed by atoms with E-state index in [1.54, 1.807) is 18.2 Å². The van der Waals surface area contributed by atoms with Crippen molar-refractivity contribution in [1.29, 1.82) is 0 Å². The number of hydrogen-bond donors (Lipinski definition) is 3. The van der Waals surface area contributed by atoms with Gasteiger partial charge >= 0.3 is 0 Å². The summed E-state index contributed by atoms with van der Waals surface area (Å²) in [5.41, 5.74) is 0.567. The van der Waals surface area contributed by atoms with Crippen LogP contribution in [-0.4, -0.2) is 50.8 Å². The van der Waals surface area contributed by atoms with E-state index >= 15 is 0 Å². The molecule has 3 heterocycles. The van der Waals surface area contributed by atoms with Crippen molar-refractivity contribution in [3.8, 4) is 5.75 Å². The monoisotopic (exact) mass is 466 g/mol. The number of fused-ring (bicyclic) bond motifs is 2. The van der Waals surface area contributed by atoms with Gasteiger partial charge in [-0.25, -0.2) is 13.9 Å². The van der Waals surface area contributed by atoms with Gasteiger partial charge in [0.05, 0.1) is 17.9 Å². The van der Waals surface area contributed by atoms with Gasteiger partial charge in [-0.3, -0.25) is 19.2 Å². The molecule has 174 valence electrons. The molecule has 2 aliphatic rings. The fourth-order valence-electron chi connectivity index (χ4n) is 3.93. The summed E-state index contributed by atoms with van der Waals surface area (Å²) in [6.07, 6.45) is 2.48. The molecule has 1 fully saturated rings. The van der Waals surface area contributed by atoms with E-state index in [1.165, 1.54) is 6.07 Å². The second kappa shape index (κ2) is 8.54. The Morgan fingerprint density at radius 1 is 1.24 bits per heavy atom. The Morgan fingerprint density at radius 3 is 2.88 bits per heavy atom. The van der Waals surface area contributed by atoms with Gasteiger partial charge in [0, 0.05) is 19.0 Å². The molecule has 1 unspecified atom stereocenters. The highest BCUT2D eigenvalue weighted by atomic mass is 19.1. The summed E-state index contributed by atoms with van der Waals surface area (Å²) < 4.78 is 20.5. The van der Waals surface area contributed by atoms with Crippen LogP contribution in [0.2, 0.25) is 0 Å². The minimum Gasteiger partial charge on any atom is -0.482 e. The molecule has 1 aliphatic carbocycles. The van der Waals surface area contributed by atoms with Gasteiger partial charge in [0.2, 0.25) is 0 Å². The Bertz CT molecular complexity index is 1350. The van der Waals surface area contributed by atoms with Crippen LogP contribution in [0.5, 0.6) is 5.75 Å². The van der Waals surface area contributed by atoms with Crippen molar-refractivity contribution in [2.24, 2.45) is 0 Å². The van der Waals surface area contributed by atoms with Crippen molar-refractivity contribution in [2.45, 2.75) is 31.8 Å². The highest BCUT2D eigenvalue weighted by Crippen LogP contribution is 2.28. The van der Waals surface area contributed by atoms with Crippen LogP contribution in [0.15, 0.2) is 30.5 Å². The van der Waals surface area contributed by atoms with E-state index in [9.17, 15) is 23.6 Å². The molecule has 11 nitrogen and oxygen atoms in total. The lowest BCUT2D eigenvalue weighted by Crippen LogP contribution is -2.38. The highest BCUT2D eigenvalue weighted by molar-refractivity contribution is 6.00. The first kappa shape index (κ1) is 21.5. The Kier molecular flexibility index (Phi) is 5.40. The van der Waals surface area contributed by atoms with E-state index < -0.39 is 23.7 Å². The smallest absolute Gasteiger partial charge is 0.270 e. The number of nitrogens with one attached hydrogen (secondary N) is 3. The first-order valence-corrected chi connectivity index (χ1v) is 10.6. The number of amides is 3. The number of halogens is 1. The number of anilines is 1. The predicted molar refractivity (Wildman–Crippen MR) is 115 cm³/mol. The van der Waals surface area contributed by atoms with Gasteiger partial charge in [0.15, 0.2) is 23.9 Å². The molecule has 0 radical (unpaired) electrons. The minimum absolute atomic E-state index is 0.0623. The number of aromatic nitrogens is 3. The number of rotatable bonds is 5. The number of benzene rings is 1. The predicted octanol–water partition coefficient (Wildman–Crippen LogP) is 0.981. The number of hydrogen-bond acceptors (Lipinski definition) is 7. The summed E-state index contributed by atoms with van der Waals surface area (Å²) in [5, 5.41) is 11.8. The minimum atomic E-state index is -0.800. The van der Waals surface area contributed by atoms with Crippen LogP contribution in [0, 0.1) is 5.82 Å².